The monoisotopic (exact) mass is 335 g/mol. The third-order valence-corrected chi connectivity index (χ3v) is 5.03. The minimum Gasteiger partial charge on any atom is -0.342 e. The second-order valence-corrected chi connectivity index (χ2v) is 6.45. The van der Waals surface area contributed by atoms with Crippen LogP contribution in [-0.4, -0.2) is 60.4 Å². The molecule has 2 fully saturated rings. The summed E-state index contributed by atoms with van der Waals surface area (Å²) in [5.74, 6) is 0.171. The second kappa shape index (κ2) is 6.89. The van der Waals surface area contributed by atoms with Gasteiger partial charge in [0.15, 0.2) is 0 Å². The van der Waals surface area contributed by atoms with Gasteiger partial charge in [0.05, 0.1) is 23.3 Å². The topological polar surface area (TPSA) is 43.9 Å². The number of carbonyl (C=O) groups is 2. The number of para-hydroxylation sites is 1. The summed E-state index contributed by atoms with van der Waals surface area (Å²) < 4.78 is 0. The van der Waals surface area contributed by atoms with Crippen LogP contribution in [0.4, 0.5) is 5.69 Å². The van der Waals surface area contributed by atoms with E-state index < -0.39 is 0 Å². The van der Waals surface area contributed by atoms with E-state index in [2.05, 4.69) is 0 Å². The van der Waals surface area contributed by atoms with Gasteiger partial charge in [-0.05, 0) is 31.9 Å². The van der Waals surface area contributed by atoms with Gasteiger partial charge in [-0.25, -0.2) is 0 Å². The van der Waals surface area contributed by atoms with Crippen LogP contribution in [0.1, 0.15) is 19.8 Å². The third kappa shape index (κ3) is 3.21. The Morgan fingerprint density at radius 2 is 1.96 bits per heavy atom. The molecule has 1 aromatic rings. The molecule has 0 N–H and O–H groups in total. The van der Waals surface area contributed by atoms with Crippen molar-refractivity contribution >= 4 is 29.1 Å². The molecule has 3 rings (SSSR count). The van der Waals surface area contributed by atoms with Crippen molar-refractivity contribution in [3.63, 3.8) is 0 Å². The largest absolute Gasteiger partial charge is 0.342 e. The van der Waals surface area contributed by atoms with Crippen LogP contribution in [0.25, 0.3) is 0 Å². The summed E-state index contributed by atoms with van der Waals surface area (Å²) in [4.78, 5) is 30.7. The Bertz CT molecular complexity index is 607. The lowest BCUT2D eigenvalue weighted by Crippen LogP contribution is -2.45. The summed E-state index contributed by atoms with van der Waals surface area (Å²) in [5.41, 5.74) is 0.762. The summed E-state index contributed by atoms with van der Waals surface area (Å²) in [7, 11) is 0. The van der Waals surface area contributed by atoms with Gasteiger partial charge in [0.2, 0.25) is 11.8 Å². The number of hydrogen-bond acceptors (Lipinski definition) is 3. The fourth-order valence-corrected chi connectivity index (χ4v) is 3.69. The van der Waals surface area contributed by atoms with E-state index in [-0.39, 0.29) is 17.9 Å². The first-order valence-electron chi connectivity index (χ1n) is 8.19. The van der Waals surface area contributed by atoms with Gasteiger partial charge >= 0.3 is 0 Å². The SMILES string of the molecule is CCN1CCCN(C2CCN(c3ccccc3Cl)C2=O)CC1=O. The zero-order valence-corrected chi connectivity index (χ0v) is 14.1. The fourth-order valence-electron chi connectivity index (χ4n) is 3.46. The van der Waals surface area contributed by atoms with Gasteiger partial charge in [0.1, 0.15) is 0 Å². The number of rotatable bonds is 3. The number of nitrogens with zero attached hydrogens (tertiary/aromatic N) is 3. The molecule has 0 aliphatic carbocycles. The van der Waals surface area contributed by atoms with Crippen LogP contribution in [0, 0.1) is 0 Å². The van der Waals surface area contributed by atoms with Gasteiger partial charge in [0.25, 0.3) is 0 Å². The third-order valence-electron chi connectivity index (χ3n) is 4.71. The van der Waals surface area contributed by atoms with Crippen LogP contribution < -0.4 is 4.90 Å². The zero-order chi connectivity index (χ0) is 16.4. The van der Waals surface area contributed by atoms with Crippen LogP contribution in [0.15, 0.2) is 24.3 Å². The lowest BCUT2D eigenvalue weighted by molar-refractivity contribution is -0.132. The fraction of sp³-hybridized carbons (Fsp3) is 0.529. The molecular formula is C17H22ClN3O2. The smallest absolute Gasteiger partial charge is 0.244 e. The Morgan fingerprint density at radius 3 is 2.70 bits per heavy atom. The number of anilines is 1. The first kappa shape index (κ1) is 16.3. The van der Waals surface area contributed by atoms with Gasteiger partial charge in [0, 0.05) is 26.2 Å². The molecule has 23 heavy (non-hydrogen) atoms. The second-order valence-electron chi connectivity index (χ2n) is 6.04. The van der Waals surface area contributed by atoms with E-state index >= 15 is 0 Å². The van der Waals surface area contributed by atoms with E-state index in [1.807, 2.05) is 34.9 Å². The molecule has 5 nitrogen and oxygen atoms in total. The summed E-state index contributed by atoms with van der Waals surface area (Å²) in [5, 5.41) is 0.589. The zero-order valence-electron chi connectivity index (χ0n) is 13.4. The Labute approximate surface area is 141 Å². The molecule has 6 heteroatoms. The van der Waals surface area contributed by atoms with Crippen LogP contribution >= 0.6 is 11.6 Å². The maximum absolute atomic E-state index is 12.8. The molecule has 0 aromatic heterocycles. The van der Waals surface area contributed by atoms with E-state index in [0.717, 1.165) is 38.2 Å². The molecule has 2 aliphatic rings. The van der Waals surface area contributed by atoms with Crippen LogP contribution in [0.2, 0.25) is 5.02 Å². The van der Waals surface area contributed by atoms with Crippen LogP contribution in [0.3, 0.4) is 0 Å². The molecule has 124 valence electrons. The van der Waals surface area contributed by atoms with Crippen molar-refractivity contribution in [2.75, 3.05) is 37.6 Å². The van der Waals surface area contributed by atoms with Gasteiger partial charge < -0.3 is 9.80 Å². The van der Waals surface area contributed by atoms with E-state index in [1.54, 1.807) is 11.0 Å². The van der Waals surface area contributed by atoms with Crippen molar-refractivity contribution in [2.24, 2.45) is 0 Å². The molecule has 1 unspecified atom stereocenters. The van der Waals surface area contributed by atoms with Gasteiger partial charge in [-0.3, -0.25) is 14.5 Å². The molecule has 2 heterocycles. The van der Waals surface area contributed by atoms with Crippen molar-refractivity contribution in [3.8, 4) is 0 Å². The molecule has 2 amide bonds. The first-order valence-corrected chi connectivity index (χ1v) is 8.57. The number of carbonyl (C=O) groups excluding carboxylic acids is 2. The van der Waals surface area contributed by atoms with Gasteiger partial charge in [-0.2, -0.15) is 0 Å². The standard InChI is InChI=1S/C17H22ClN3O2/c1-2-19-9-5-10-20(12-16(19)22)15-8-11-21(17(15)23)14-7-4-3-6-13(14)18/h3-4,6-7,15H,2,5,8-12H2,1H3. The predicted octanol–water partition coefficient (Wildman–Crippen LogP) is 2.00. The summed E-state index contributed by atoms with van der Waals surface area (Å²) >= 11 is 6.22. The van der Waals surface area contributed by atoms with E-state index in [4.69, 9.17) is 11.6 Å². The summed E-state index contributed by atoms with van der Waals surface area (Å²) in [6, 6.07) is 7.20. The molecule has 2 saturated heterocycles. The van der Waals surface area contributed by atoms with Crippen molar-refractivity contribution in [2.45, 2.75) is 25.8 Å². The Hall–Kier alpha value is -1.59. The Morgan fingerprint density at radius 1 is 1.17 bits per heavy atom. The molecule has 0 spiro atoms. The quantitative estimate of drug-likeness (QED) is 0.848. The predicted molar refractivity (Wildman–Crippen MR) is 90.7 cm³/mol. The molecule has 1 aromatic carbocycles. The van der Waals surface area contributed by atoms with Crippen LogP contribution in [-0.2, 0) is 9.59 Å². The maximum Gasteiger partial charge on any atom is 0.244 e. The van der Waals surface area contributed by atoms with Crippen molar-refractivity contribution in [1.29, 1.82) is 0 Å². The van der Waals surface area contributed by atoms with Crippen molar-refractivity contribution < 1.29 is 9.59 Å². The molecule has 0 radical (unpaired) electrons. The van der Waals surface area contributed by atoms with Gasteiger partial charge in [-0.1, -0.05) is 23.7 Å². The number of benzene rings is 1. The first-order chi connectivity index (χ1) is 11.1. The average molecular weight is 336 g/mol. The molecule has 2 aliphatic heterocycles. The minimum absolute atomic E-state index is 0.0517. The van der Waals surface area contributed by atoms with Crippen molar-refractivity contribution in [1.82, 2.24) is 9.80 Å². The van der Waals surface area contributed by atoms with E-state index in [1.165, 1.54) is 0 Å². The minimum atomic E-state index is -0.216. The lowest BCUT2D eigenvalue weighted by atomic mass is 10.2. The average Bonchev–Trinajstić information content (AvgIpc) is 2.81. The van der Waals surface area contributed by atoms with Crippen molar-refractivity contribution in [3.05, 3.63) is 29.3 Å². The Balaban J connectivity index is 1.74. The highest BCUT2D eigenvalue weighted by atomic mass is 35.5. The molecular weight excluding hydrogens is 314 g/mol. The number of likely N-dealkylation sites (N-methyl/N-ethyl adjacent to an activating group) is 1. The summed E-state index contributed by atoms with van der Waals surface area (Å²) in [6.45, 7) is 5.27. The van der Waals surface area contributed by atoms with Gasteiger partial charge in [-0.15, -0.1) is 0 Å². The molecule has 0 saturated carbocycles. The number of amides is 2. The highest BCUT2D eigenvalue weighted by Crippen LogP contribution is 2.30. The highest BCUT2D eigenvalue weighted by Gasteiger charge is 2.38. The normalized spacial score (nSPS) is 23.5. The Kier molecular flexibility index (Phi) is 4.87. The maximum atomic E-state index is 12.8. The lowest BCUT2D eigenvalue weighted by Gasteiger charge is -2.26. The van der Waals surface area contributed by atoms with E-state index in [9.17, 15) is 9.59 Å². The van der Waals surface area contributed by atoms with E-state index in [0.29, 0.717) is 18.1 Å². The highest BCUT2D eigenvalue weighted by molar-refractivity contribution is 6.33. The van der Waals surface area contributed by atoms with Crippen LogP contribution in [0.5, 0.6) is 0 Å². The number of halogens is 1. The molecule has 1 atom stereocenters. The number of hydrogen-bond donors (Lipinski definition) is 0. The summed E-state index contributed by atoms with van der Waals surface area (Å²) in [6.07, 6.45) is 1.65. The molecule has 0 bridgehead atoms.